The van der Waals surface area contributed by atoms with Crippen molar-refractivity contribution in [3.8, 4) is 0 Å². The number of hydrogen-bond acceptors (Lipinski definition) is 5. The summed E-state index contributed by atoms with van der Waals surface area (Å²) in [6.45, 7) is 3.28. The fourth-order valence-electron chi connectivity index (χ4n) is 1.82. The van der Waals surface area contributed by atoms with Gasteiger partial charge in [-0.15, -0.1) is 0 Å². The van der Waals surface area contributed by atoms with Crippen LogP contribution >= 0.6 is 7.60 Å². The third kappa shape index (κ3) is 4.41. The lowest BCUT2D eigenvalue weighted by Gasteiger charge is -2.30. The highest BCUT2D eigenvalue weighted by Crippen LogP contribution is 2.52. The molecule has 0 unspecified atom stereocenters. The first kappa shape index (κ1) is 16.3. The van der Waals surface area contributed by atoms with Crippen molar-refractivity contribution in [3.05, 3.63) is 35.9 Å². The van der Waals surface area contributed by atoms with Crippen molar-refractivity contribution < 1.29 is 23.8 Å². The van der Waals surface area contributed by atoms with Crippen LogP contribution < -0.4 is 0 Å². The first-order valence-electron chi connectivity index (χ1n) is 6.26. The standard InChI is InChI=1S/C13H21O5P/c1-3-17-19(16,18-4-2)11-13(15,10-14)12-8-6-5-7-9-12/h5-9,14-15H,3-4,10-11H2,1-2H3/t13-/m1/s1. The molecule has 0 aliphatic rings. The fraction of sp³-hybridized carbons (Fsp3) is 0.538. The second-order valence-corrected chi connectivity index (χ2v) is 6.21. The second-order valence-electron chi connectivity index (χ2n) is 4.16. The van der Waals surface area contributed by atoms with Crippen LogP contribution in [-0.4, -0.2) is 36.2 Å². The van der Waals surface area contributed by atoms with E-state index in [1.165, 1.54) is 0 Å². The molecule has 0 saturated carbocycles. The first-order valence-corrected chi connectivity index (χ1v) is 7.99. The van der Waals surface area contributed by atoms with Gasteiger partial charge in [-0.05, 0) is 19.4 Å². The van der Waals surface area contributed by atoms with Crippen LogP contribution in [0.15, 0.2) is 30.3 Å². The van der Waals surface area contributed by atoms with Crippen molar-refractivity contribution >= 4 is 7.60 Å². The lowest BCUT2D eigenvalue weighted by atomic mass is 9.97. The molecule has 0 fully saturated rings. The molecule has 0 radical (unpaired) electrons. The number of rotatable bonds is 8. The predicted molar refractivity (Wildman–Crippen MR) is 73.2 cm³/mol. The Balaban J connectivity index is 2.99. The van der Waals surface area contributed by atoms with Crippen molar-refractivity contribution in [2.24, 2.45) is 0 Å². The van der Waals surface area contributed by atoms with E-state index in [1.807, 2.05) is 0 Å². The van der Waals surface area contributed by atoms with E-state index < -0.39 is 19.8 Å². The van der Waals surface area contributed by atoms with Gasteiger partial charge >= 0.3 is 7.60 Å². The summed E-state index contributed by atoms with van der Waals surface area (Å²) in [6, 6.07) is 8.60. The average molecular weight is 288 g/mol. The maximum Gasteiger partial charge on any atom is 0.333 e. The maximum absolute atomic E-state index is 12.4. The monoisotopic (exact) mass is 288 g/mol. The molecule has 108 valence electrons. The molecule has 0 aliphatic heterocycles. The minimum Gasteiger partial charge on any atom is -0.393 e. The molecule has 0 bridgehead atoms. The number of aliphatic hydroxyl groups is 2. The van der Waals surface area contributed by atoms with Gasteiger partial charge in [-0.3, -0.25) is 4.57 Å². The predicted octanol–water partition coefficient (Wildman–Crippen LogP) is 2.13. The van der Waals surface area contributed by atoms with Gasteiger partial charge in [-0.2, -0.15) is 0 Å². The molecule has 19 heavy (non-hydrogen) atoms. The summed E-state index contributed by atoms with van der Waals surface area (Å²) in [7, 11) is -3.43. The zero-order chi connectivity index (χ0) is 14.4. The zero-order valence-electron chi connectivity index (χ0n) is 11.3. The van der Waals surface area contributed by atoms with Crippen LogP contribution in [-0.2, 0) is 19.2 Å². The van der Waals surface area contributed by atoms with Gasteiger partial charge in [0.2, 0.25) is 0 Å². The van der Waals surface area contributed by atoms with E-state index >= 15 is 0 Å². The zero-order valence-corrected chi connectivity index (χ0v) is 12.2. The molecule has 0 aromatic heterocycles. The quantitative estimate of drug-likeness (QED) is 0.717. The molecule has 5 nitrogen and oxygen atoms in total. The van der Waals surface area contributed by atoms with Gasteiger partial charge in [0.15, 0.2) is 0 Å². The van der Waals surface area contributed by atoms with Crippen LogP contribution in [0.3, 0.4) is 0 Å². The van der Waals surface area contributed by atoms with Gasteiger partial charge < -0.3 is 19.3 Å². The largest absolute Gasteiger partial charge is 0.393 e. The highest BCUT2D eigenvalue weighted by atomic mass is 31.2. The molecule has 1 rings (SSSR count). The molecule has 1 aromatic rings. The van der Waals surface area contributed by atoms with Gasteiger partial charge in [-0.25, -0.2) is 0 Å². The Morgan fingerprint density at radius 3 is 2.11 bits per heavy atom. The average Bonchev–Trinajstić information content (AvgIpc) is 2.40. The Kier molecular flexibility index (Phi) is 6.17. The number of aliphatic hydroxyl groups excluding tert-OH is 1. The minimum absolute atomic E-state index is 0.216. The summed E-state index contributed by atoms with van der Waals surface area (Å²) in [5.74, 6) is 0. The summed E-state index contributed by atoms with van der Waals surface area (Å²) in [5.41, 5.74) is -1.15. The molecule has 1 atom stereocenters. The van der Waals surface area contributed by atoms with E-state index in [4.69, 9.17) is 9.05 Å². The van der Waals surface area contributed by atoms with Gasteiger partial charge in [0, 0.05) is 0 Å². The van der Waals surface area contributed by atoms with Crippen molar-refractivity contribution in [1.29, 1.82) is 0 Å². The molecule has 0 spiro atoms. The Morgan fingerprint density at radius 1 is 1.16 bits per heavy atom. The van der Waals surface area contributed by atoms with Crippen LogP contribution in [0.1, 0.15) is 19.4 Å². The third-order valence-corrected chi connectivity index (χ3v) is 4.89. The molecular weight excluding hydrogens is 267 g/mol. The molecule has 2 N–H and O–H groups in total. The van der Waals surface area contributed by atoms with Gasteiger partial charge in [0.25, 0.3) is 0 Å². The van der Waals surface area contributed by atoms with Crippen LogP contribution in [0.4, 0.5) is 0 Å². The van der Waals surface area contributed by atoms with Crippen LogP contribution in [0.25, 0.3) is 0 Å². The smallest absolute Gasteiger partial charge is 0.333 e. The molecule has 0 heterocycles. The molecule has 0 amide bonds. The summed E-state index contributed by atoms with van der Waals surface area (Å²) >= 11 is 0. The lowest BCUT2D eigenvalue weighted by Crippen LogP contribution is -2.35. The molecule has 1 aromatic carbocycles. The van der Waals surface area contributed by atoms with Crippen molar-refractivity contribution in [2.45, 2.75) is 19.4 Å². The van der Waals surface area contributed by atoms with Gasteiger partial charge in [0.1, 0.15) is 5.60 Å². The van der Waals surface area contributed by atoms with Crippen molar-refractivity contribution in [3.63, 3.8) is 0 Å². The minimum atomic E-state index is -3.43. The van der Waals surface area contributed by atoms with Crippen molar-refractivity contribution in [2.75, 3.05) is 26.0 Å². The summed E-state index contributed by atoms with van der Waals surface area (Å²) in [4.78, 5) is 0. The van der Waals surface area contributed by atoms with E-state index in [9.17, 15) is 14.8 Å². The van der Waals surface area contributed by atoms with Crippen LogP contribution in [0, 0.1) is 0 Å². The Hall–Kier alpha value is -0.710. The molecular formula is C13H21O5P. The van der Waals surface area contributed by atoms with Crippen molar-refractivity contribution in [1.82, 2.24) is 0 Å². The lowest BCUT2D eigenvalue weighted by molar-refractivity contribution is -0.00481. The highest BCUT2D eigenvalue weighted by molar-refractivity contribution is 7.53. The van der Waals surface area contributed by atoms with E-state index in [1.54, 1.807) is 44.2 Å². The normalized spacial score (nSPS) is 15.2. The van der Waals surface area contributed by atoms with Crippen LogP contribution in [0.5, 0.6) is 0 Å². The second kappa shape index (κ2) is 7.17. The fourth-order valence-corrected chi connectivity index (χ4v) is 3.79. The van der Waals surface area contributed by atoms with E-state index in [2.05, 4.69) is 0 Å². The Bertz CT molecular complexity index is 412. The van der Waals surface area contributed by atoms with E-state index in [-0.39, 0.29) is 19.4 Å². The third-order valence-electron chi connectivity index (χ3n) is 2.68. The summed E-state index contributed by atoms with van der Waals surface area (Å²) in [5, 5.41) is 20.0. The molecule has 0 aliphatic carbocycles. The Morgan fingerprint density at radius 2 is 1.68 bits per heavy atom. The summed E-state index contributed by atoms with van der Waals surface area (Å²) in [6.07, 6.45) is -0.276. The van der Waals surface area contributed by atoms with E-state index in [0.29, 0.717) is 5.56 Å². The van der Waals surface area contributed by atoms with E-state index in [0.717, 1.165) is 0 Å². The van der Waals surface area contributed by atoms with Gasteiger partial charge in [0.05, 0.1) is 26.0 Å². The van der Waals surface area contributed by atoms with Gasteiger partial charge in [-0.1, -0.05) is 30.3 Å². The summed E-state index contributed by atoms with van der Waals surface area (Å²) < 4.78 is 22.7. The SMILES string of the molecule is CCOP(=O)(C[C@](O)(CO)c1ccccc1)OCC. The number of benzene rings is 1. The van der Waals surface area contributed by atoms with Crippen LogP contribution in [0.2, 0.25) is 0 Å². The topological polar surface area (TPSA) is 76.0 Å². The number of hydrogen-bond donors (Lipinski definition) is 2. The molecule has 0 saturated heterocycles. The Labute approximate surface area is 113 Å². The highest BCUT2D eigenvalue weighted by Gasteiger charge is 2.39. The molecule has 6 heteroatoms. The first-order chi connectivity index (χ1) is 8.99. The maximum atomic E-state index is 12.4.